The minimum absolute atomic E-state index is 0.181. The summed E-state index contributed by atoms with van der Waals surface area (Å²) in [6.45, 7) is 4.80. The molecule has 0 amide bonds. The third-order valence-electron chi connectivity index (χ3n) is 0.811. The topological polar surface area (TPSA) is 37.3 Å². The van der Waals surface area contributed by atoms with Crippen LogP contribution in [0.25, 0.3) is 0 Å². The maximum Gasteiger partial charge on any atom is 0.164 e. The fraction of sp³-hybridized carbons (Fsp3) is 0.500. The molecule has 0 rings (SSSR count). The number of hydrogen-bond acceptors (Lipinski definition) is 2. The first-order valence-electron chi connectivity index (χ1n) is 2.50. The second-order valence-corrected chi connectivity index (χ2v) is 1.64. The Kier molecular flexibility index (Phi) is 3.12. The normalized spacial score (nSPS) is 12.8. The Labute approximate surface area is 48.8 Å². The molecule has 1 unspecified atom stereocenters. The Morgan fingerprint density at radius 2 is 2.50 bits per heavy atom. The minimum Gasteiger partial charge on any atom is -0.386 e. The van der Waals surface area contributed by atoms with Gasteiger partial charge in [-0.25, -0.2) is 0 Å². The van der Waals surface area contributed by atoms with E-state index in [1.807, 2.05) is 0 Å². The number of rotatable bonds is 3. The van der Waals surface area contributed by atoms with E-state index in [1.165, 1.54) is 13.0 Å². The van der Waals surface area contributed by atoms with Crippen molar-refractivity contribution >= 4 is 5.78 Å². The summed E-state index contributed by atoms with van der Waals surface area (Å²) in [5.41, 5.74) is 0. The second kappa shape index (κ2) is 3.38. The summed E-state index contributed by atoms with van der Waals surface area (Å²) in [5.74, 6) is -0.181. The van der Waals surface area contributed by atoms with Gasteiger partial charge in [0.1, 0.15) is 6.10 Å². The monoisotopic (exact) mass is 114 g/mol. The highest BCUT2D eigenvalue weighted by atomic mass is 16.3. The van der Waals surface area contributed by atoms with Gasteiger partial charge in [-0.3, -0.25) is 4.79 Å². The number of ketones is 1. The van der Waals surface area contributed by atoms with Gasteiger partial charge in [0.25, 0.3) is 0 Å². The van der Waals surface area contributed by atoms with Crippen molar-refractivity contribution in [3.8, 4) is 0 Å². The Hall–Kier alpha value is -0.630. The van der Waals surface area contributed by atoms with Crippen LogP contribution in [0.2, 0.25) is 0 Å². The maximum absolute atomic E-state index is 10.4. The van der Waals surface area contributed by atoms with Gasteiger partial charge < -0.3 is 5.11 Å². The predicted octanol–water partition coefficient (Wildman–Crippen LogP) is 0.512. The lowest BCUT2D eigenvalue weighted by molar-refractivity contribution is -0.125. The van der Waals surface area contributed by atoms with Crippen molar-refractivity contribution in [1.29, 1.82) is 0 Å². The quantitative estimate of drug-likeness (QED) is 0.543. The molecule has 46 valence electrons. The van der Waals surface area contributed by atoms with Crippen molar-refractivity contribution in [2.24, 2.45) is 0 Å². The van der Waals surface area contributed by atoms with E-state index in [1.54, 1.807) is 0 Å². The molecule has 0 saturated carbocycles. The van der Waals surface area contributed by atoms with E-state index >= 15 is 0 Å². The van der Waals surface area contributed by atoms with Crippen LogP contribution in [-0.4, -0.2) is 17.0 Å². The van der Waals surface area contributed by atoms with Gasteiger partial charge >= 0.3 is 0 Å². The molecule has 0 aromatic rings. The van der Waals surface area contributed by atoms with Crippen LogP contribution in [0.3, 0.4) is 0 Å². The standard InChI is InChI=1S/C6H10O2/c1-3-4-6(8)5(2)7/h3,5,7H,1,4H2,2H3. The molecule has 2 heteroatoms. The van der Waals surface area contributed by atoms with Crippen LogP contribution in [-0.2, 0) is 4.79 Å². The van der Waals surface area contributed by atoms with Crippen LogP contribution in [0, 0.1) is 0 Å². The van der Waals surface area contributed by atoms with Gasteiger partial charge in [-0.1, -0.05) is 6.08 Å². The summed E-state index contributed by atoms with van der Waals surface area (Å²) in [4.78, 5) is 10.4. The van der Waals surface area contributed by atoms with E-state index in [0.29, 0.717) is 0 Å². The first-order valence-corrected chi connectivity index (χ1v) is 2.50. The second-order valence-electron chi connectivity index (χ2n) is 1.64. The Balaban J connectivity index is 3.48. The van der Waals surface area contributed by atoms with Gasteiger partial charge in [0.15, 0.2) is 5.78 Å². The van der Waals surface area contributed by atoms with E-state index in [0.717, 1.165) is 0 Å². The lowest BCUT2D eigenvalue weighted by Gasteiger charge is -1.96. The van der Waals surface area contributed by atoms with Gasteiger partial charge in [-0.15, -0.1) is 6.58 Å². The van der Waals surface area contributed by atoms with Crippen molar-refractivity contribution in [3.05, 3.63) is 12.7 Å². The fourth-order valence-corrected chi connectivity index (χ4v) is 0.313. The number of hydrogen-bond donors (Lipinski definition) is 1. The van der Waals surface area contributed by atoms with Gasteiger partial charge in [0, 0.05) is 6.42 Å². The number of carbonyl (C=O) groups is 1. The highest BCUT2D eigenvalue weighted by molar-refractivity contribution is 5.83. The van der Waals surface area contributed by atoms with E-state index in [4.69, 9.17) is 5.11 Å². The van der Waals surface area contributed by atoms with E-state index in [9.17, 15) is 4.79 Å². The molecule has 0 aromatic carbocycles. The zero-order valence-corrected chi connectivity index (χ0v) is 4.92. The van der Waals surface area contributed by atoms with E-state index in [2.05, 4.69) is 6.58 Å². The minimum atomic E-state index is -0.840. The third-order valence-corrected chi connectivity index (χ3v) is 0.811. The largest absolute Gasteiger partial charge is 0.386 e. The number of aliphatic hydroxyl groups is 1. The van der Waals surface area contributed by atoms with Crippen LogP contribution >= 0.6 is 0 Å². The number of allylic oxidation sites excluding steroid dienone is 1. The first kappa shape index (κ1) is 7.37. The Morgan fingerprint density at radius 1 is 2.00 bits per heavy atom. The highest BCUT2D eigenvalue weighted by Gasteiger charge is 2.04. The molecule has 1 N–H and O–H groups in total. The third kappa shape index (κ3) is 2.53. The highest BCUT2D eigenvalue weighted by Crippen LogP contribution is 1.88. The van der Waals surface area contributed by atoms with Gasteiger partial charge in [-0.05, 0) is 6.92 Å². The molecule has 0 aromatic heterocycles. The average Bonchev–Trinajstić information content (AvgIpc) is 1.67. The van der Waals surface area contributed by atoms with Gasteiger partial charge in [-0.2, -0.15) is 0 Å². The maximum atomic E-state index is 10.4. The molecule has 0 radical (unpaired) electrons. The number of Topliss-reactive ketones (excluding diaryl/α,β-unsaturated/α-hetero) is 1. The summed E-state index contributed by atoms with van der Waals surface area (Å²) in [6, 6.07) is 0. The molecular weight excluding hydrogens is 104 g/mol. The summed E-state index contributed by atoms with van der Waals surface area (Å²) >= 11 is 0. The first-order chi connectivity index (χ1) is 3.68. The van der Waals surface area contributed by atoms with Crippen molar-refractivity contribution in [2.75, 3.05) is 0 Å². The van der Waals surface area contributed by atoms with Crippen molar-refractivity contribution in [3.63, 3.8) is 0 Å². The van der Waals surface area contributed by atoms with Gasteiger partial charge in [0.05, 0.1) is 0 Å². The Bertz CT molecular complexity index is 94.7. The number of aliphatic hydroxyl groups excluding tert-OH is 1. The number of carbonyl (C=O) groups excluding carboxylic acids is 1. The summed E-state index contributed by atoms with van der Waals surface area (Å²) < 4.78 is 0. The molecule has 0 saturated heterocycles. The molecule has 1 atom stereocenters. The summed E-state index contributed by atoms with van der Waals surface area (Å²) in [5, 5.41) is 8.55. The molecule has 0 aliphatic heterocycles. The van der Waals surface area contributed by atoms with Crippen LogP contribution in [0.15, 0.2) is 12.7 Å². The molecule has 0 bridgehead atoms. The SMILES string of the molecule is C=CCC(=O)C(C)O. The fourth-order valence-electron chi connectivity index (χ4n) is 0.313. The van der Waals surface area contributed by atoms with Gasteiger partial charge in [0.2, 0.25) is 0 Å². The lowest BCUT2D eigenvalue weighted by Crippen LogP contribution is -2.14. The molecule has 0 aliphatic carbocycles. The molecule has 0 fully saturated rings. The average molecular weight is 114 g/mol. The molecule has 8 heavy (non-hydrogen) atoms. The predicted molar refractivity (Wildman–Crippen MR) is 31.5 cm³/mol. The van der Waals surface area contributed by atoms with Crippen LogP contribution < -0.4 is 0 Å². The summed E-state index contributed by atoms with van der Waals surface area (Å²) in [6.07, 6.45) is 0.903. The lowest BCUT2D eigenvalue weighted by atomic mass is 10.2. The molecule has 0 spiro atoms. The van der Waals surface area contributed by atoms with Crippen molar-refractivity contribution < 1.29 is 9.90 Å². The smallest absolute Gasteiger partial charge is 0.164 e. The van der Waals surface area contributed by atoms with Crippen LogP contribution in [0.1, 0.15) is 13.3 Å². The molecule has 2 nitrogen and oxygen atoms in total. The van der Waals surface area contributed by atoms with E-state index < -0.39 is 6.10 Å². The zero-order chi connectivity index (χ0) is 6.57. The molecule has 0 heterocycles. The van der Waals surface area contributed by atoms with Crippen LogP contribution in [0.5, 0.6) is 0 Å². The van der Waals surface area contributed by atoms with Crippen molar-refractivity contribution in [1.82, 2.24) is 0 Å². The van der Waals surface area contributed by atoms with E-state index in [-0.39, 0.29) is 12.2 Å². The van der Waals surface area contributed by atoms with Crippen molar-refractivity contribution in [2.45, 2.75) is 19.4 Å². The molecule has 0 aliphatic rings. The molecular formula is C6H10O2. The zero-order valence-electron chi connectivity index (χ0n) is 4.92. The Morgan fingerprint density at radius 3 is 2.62 bits per heavy atom. The summed E-state index contributed by atoms with van der Waals surface area (Å²) in [7, 11) is 0. The van der Waals surface area contributed by atoms with Crippen LogP contribution in [0.4, 0.5) is 0 Å².